The zero-order valence-electron chi connectivity index (χ0n) is 7.88. The minimum Gasteiger partial charge on any atom is -0.341 e. The Morgan fingerprint density at radius 3 is 2.38 bits per heavy atom. The standard InChI is InChI=1S/C9H17N3O/c10-7-8(13)12-5-2-9(3-6-12)1-4-11-9/h11H,1-7,10H2. The van der Waals surface area contributed by atoms with Crippen LogP contribution < -0.4 is 11.1 Å². The maximum Gasteiger partial charge on any atom is 0.236 e. The van der Waals surface area contributed by atoms with Gasteiger partial charge < -0.3 is 16.0 Å². The van der Waals surface area contributed by atoms with Crippen molar-refractivity contribution < 1.29 is 4.79 Å². The molecular formula is C9H17N3O. The SMILES string of the molecule is NCC(=O)N1CCC2(CCN2)CC1. The van der Waals surface area contributed by atoms with Crippen LogP contribution in [0, 0.1) is 0 Å². The number of piperidine rings is 1. The number of hydrogen-bond donors (Lipinski definition) is 2. The van der Waals surface area contributed by atoms with E-state index in [9.17, 15) is 4.79 Å². The van der Waals surface area contributed by atoms with Crippen molar-refractivity contribution in [3.8, 4) is 0 Å². The van der Waals surface area contributed by atoms with E-state index in [0.29, 0.717) is 5.54 Å². The molecule has 2 fully saturated rings. The number of hydrogen-bond acceptors (Lipinski definition) is 3. The first kappa shape index (κ1) is 8.97. The predicted octanol–water partition coefficient (Wildman–Crippen LogP) is -0.700. The lowest BCUT2D eigenvalue weighted by atomic mass is 9.79. The van der Waals surface area contributed by atoms with E-state index in [0.717, 1.165) is 32.5 Å². The van der Waals surface area contributed by atoms with E-state index in [1.54, 1.807) is 0 Å². The molecule has 74 valence electrons. The summed E-state index contributed by atoms with van der Waals surface area (Å²) in [6.07, 6.45) is 3.47. The third kappa shape index (κ3) is 1.56. The third-order valence-corrected chi connectivity index (χ3v) is 3.35. The van der Waals surface area contributed by atoms with Crippen molar-refractivity contribution in [1.82, 2.24) is 10.2 Å². The Hall–Kier alpha value is -0.610. The second-order valence-corrected chi connectivity index (χ2v) is 4.04. The van der Waals surface area contributed by atoms with Crippen LogP contribution in [-0.4, -0.2) is 42.5 Å². The first-order valence-electron chi connectivity index (χ1n) is 4.99. The van der Waals surface area contributed by atoms with Crippen molar-refractivity contribution >= 4 is 5.91 Å². The Kier molecular flexibility index (Phi) is 2.26. The average molecular weight is 183 g/mol. The Bertz CT molecular complexity index is 203. The van der Waals surface area contributed by atoms with Gasteiger partial charge in [0.1, 0.15) is 0 Å². The van der Waals surface area contributed by atoms with Crippen molar-refractivity contribution in [3.05, 3.63) is 0 Å². The molecule has 4 nitrogen and oxygen atoms in total. The van der Waals surface area contributed by atoms with E-state index >= 15 is 0 Å². The lowest BCUT2D eigenvalue weighted by Gasteiger charge is -2.48. The van der Waals surface area contributed by atoms with Crippen molar-refractivity contribution in [2.45, 2.75) is 24.8 Å². The number of nitrogens with zero attached hydrogens (tertiary/aromatic N) is 1. The smallest absolute Gasteiger partial charge is 0.236 e. The number of nitrogens with one attached hydrogen (secondary N) is 1. The molecule has 3 N–H and O–H groups in total. The summed E-state index contributed by atoms with van der Waals surface area (Å²) < 4.78 is 0. The molecule has 1 amide bonds. The summed E-state index contributed by atoms with van der Waals surface area (Å²) in [7, 11) is 0. The van der Waals surface area contributed by atoms with E-state index in [1.165, 1.54) is 6.42 Å². The topological polar surface area (TPSA) is 58.4 Å². The van der Waals surface area contributed by atoms with Gasteiger partial charge in [-0.2, -0.15) is 0 Å². The number of amides is 1. The Labute approximate surface area is 78.5 Å². The van der Waals surface area contributed by atoms with E-state index in [2.05, 4.69) is 5.32 Å². The fourth-order valence-corrected chi connectivity index (χ4v) is 2.22. The molecule has 4 heteroatoms. The zero-order chi connectivity index (χ0) is 9.31. The minimum absolute atomic E-state index is 0.0918. The first-order valence-corrected chi connectivity index (χ1v) is 4.99. The van der Waals surface area contributed by atoms with Gasteiger partial charge in [0.15, 0.2) is 0 Å². The highest BCUT2D eigenvalue weighted by atomic mass is 16.2. The molecule has 0 aliphatic carbocycles. The quantitative estimate of drug-likeness (QED) is 0.565. The monoisotopic (exact) mass is 183 g/mol. The fourth-order valence-electron chi connectivity index (χ4n) is 2.22. The molecule has 0 unspecified atom stereocenters. The van der Waals surface area contributed by atoms with Crippen LogP contribution >= 0.6 is 0 Å². The average Bonchev–Trinajstić information content (AvgIpc) is 2.14. The highest BCUT2D eigenvalue weighted by Gasteiger charge is 2.39. The van der Waals surface area contributed by atoms with Crippen molar-refractivity contribution in [3.63, 3.8) is 0 Å². The van der Waals surface area contributed by atoms with Gasteiger partial charge in [0.25, 0.3) is 0 Å². The molecule has 2 aliphatic rings. The molecule has 2 heterocycles. The normalized spacial score (nSPS) is 25.8. The number of likely N-dealkylation sites (tertiary alicyclic amines) is 1. The van der Waals surface area contributed by atoms with E-state index in [-0.39, 0.29) is 12.5 Å². The summed E-state index contributed by atoms with van der Waals surface area (Å²) in [5.41, 5.74) is 5.69. The van der Waals surface area contributed by atoms with Gasteiger partial charge in [-0.05, 0) is 25.8 Å². The zero-order valence-corrected chi connectivity index (χ0v) is 7.88. The lowest BCUT2D eigenvalue weighted by molar-refractivity contribution is -0.131. The van der Waals surface area contributed by atoms with Crippen molar-refractivity contribution in [2.24, 2.45) is 5.73 Å². The number of nitrogens with two attached hydrogens (primary N) is 1. The lowest BCUT2D eigenvalue weighted by Crippen LogP contribution is -2.62. The fraction of sp³-hybridized carbons (Fsp3) is 0.889. The summed E-state index contributed by atoms with van der Waals surface area (Å²) in [5, 5.41) is 3.47. The third-order valence-electron chi connectivity index (χ3n) is 3.35. The van der Waals surface area contributed by atoms with Crippen LogP contribution in [0.15, 0.2) is 0 Å². The molecule has 0 aromatic rings. The number of carbonyl (C=O) groups excluding carboxylic acids is 1. The molecule has 0 aromatic heterocycles. The van der Waals surface area contributed by atoms with Gasteiger partial charge in [0, 0.05) is 18.6 Å². The maximum absolute atomic E-state index is 11.3. The molecule has 1 spiro atoms. The van der Waals surface area contributed by atoms with E-state index < -0.39 is 0 Å². The van der Waals surface area contributed by atoms with Crippen LogP contribution in [0.2, 0.25) is 0 Å². The maximum atomic E-state index is 11.3. The van der Waals surface area contributed by atoms with Crippen LogP contribution in [0.25, 0.3) is 0 Å². The predicted molar refractivity (Wildman–Crippen MR) is 50.2 cm³/mol. The summed E-state index contributed by atoms with van der Waals surface area (Å²) in [4.78, 5) is 13.1. The minimum atomic E-state index is 0.0918. The van der Waals surface area contributed by atoms with Gasteiger partial charge in [-0.3, -0.25) is 4.79 Å². The molecule has 2 rings (SSSR count). The Morgan fingerprint density at radius 2 is 2.00 bits per heavy atom. The van der Waals surface area contributed by atoms with Gasteiger partial charge in [-0.25, -0.2) is 0 Å². The second-order valence-electron chi connectivity index (χ2n) is 4.04. The first-order chi connectivity index (χ1) is 6.26. The molecular weight excluding hydrogens is 166 g/mol. The highest BCUT2D eigenvalue weighted by Crippen LogP contribution is 2.30. The van der Waals surface area contributed by atoms with E-state index in [4.69, 9.17) is 5.73 Å². The molecule has 0 atom stereocenters. The summed E-state index contributed by atoms with van der Waals surface area (Å²) in [6, 6.07) is 0. The number of carbonyl (C=O) groups is 1. The van der Waals surface area contributed by atoms with Crippen LogP contribution in [0.1, 0.15) is 19.3 Å². The second kappa shape index (κ2) is 3.27. The summed E-state index contributed by atoms with van der Waals surface area (Å²) in [5.74, 6) is 0.0918. The van der Waals surface area contributed by atoms with Gasteiger partial charge >= 0.3 is 0 Å². The number of rotatable bonds is 1. The van der Waals surface area contributed by atoms with Crippen molar-refractivity contribution in [1.29, 1.82) is 0 Å². The van der Waals surface area contributed by atoms with Gasteiger partial charge in [0.2, 0.25) is 5.91 Å². The largest absolute Gasteiger partial charge is 0.341 e. The highest BCUT2D eigenvalue weighted by molar-refractivity contribution is 5.78. The van der Waals surface area contributed by atoms with Gasteiger partial charge in [-0.1, -0.05) is 0 Å². The summed E-state index contributed by atoms with van der Waals surface area (Å²) in [6.45, 7) is 3.05. The van der Waals surface area contributed by atoms with Gasteiger partial charge in [0.05, 0.1) is 6.54 Å². The van der Waals surface area contributed by atoms with Crippen LogP contribution in [0.4, 0.5) is 0 Å². The molecule has 0 bridgehead atoms. The van der Waals surface area contributed by atoms with Crippen molar-refractivity contribution in [2.75, 3.05) is 26.2 Å². The van der Waals surface area contributed by atoms with Crippen LogP contribution in [0.3, 0.4) is 0 Å². The van der Waals surface area contributed by atoms with Crippen LogP contribution in [0.5, 0.6) is 0 Å². The molecule has 2 aliphatic heterocycles. The summed E-state index contributed by atoms with van der Waals surface area (Å²) >= 11 is 0. The van der Waals surface area contributed by atoms with Gasteiger partial charge in [-0.15, -0.1) is 0 Å². The van der Waals surface area contributed by atoms with E-state index in [1.807, 2.05) is 4.90 Å². The Balaban J connectivity index is 1.85. The molecule has 0 saturated carbocycles. The molecule has 0 radical (unpaired) electrons. The molecule has 2 saturated heterocycles. The molecule has 0 aromatic carbocycles. The molecule has 13 heavy (non-hydrogen) atoms. The van der Waals surface area contributed by atoms with Crippen LogP contribution in [-0.2, 0) is 4.79 Å². The Morgan fingerprint density at radius 1 is 1.38 bits per heavy atom.